The molecule has 0 atom stereocenters. The van der Waals surface area contributed by atoms with E-state index in [2.05, 4.69) is 17.1 Å². The number of H-pyrrole nitrogens is 1. The topological polar surface area (TPSA) is 65.6 Å². The number of fused-ring (bicyclic) bond motifs is 1. The van der Waals surface area contributed by atoms with Gasteiger partial charge in [-0.1, -0.05) is 69.3 Å². The summed E-state index contributed by atoms with van der Waals surface area (Å²) in [7, 11) is 1.65. The van der Waals surface area contributed by atoms with Gasteiger partial charge >= 0.3 is 0 Å². The molecule has 6 nitrogen and oxygen atoms in total. The average molecular weight is 464 g/mol. The maximum atomic E-state index is 13.5. The van der Waals surface area contributed by atoms with Crippen LogP contribution in [0.4, 0.5) is 0 Å². The van der Waals surface area contributed by atoms with Gasteiger partial charge in [0.2, 0.25) is 11.8 Å². The van der Waals surface area contributed by atoms with Crippen LogP contribution < -0.4 is 0 Å². The van der Waals surface area contributed by atoms with Gasteiger partial charge in [-0.25, -0.2) is 0 Å². The molecular formula is C28H37N3O3. The van der Waals surface area contributed by atoms with E-state index in [0.29, 0.717) is 32.7 Å². The highest BCUT2D eigenvalue weighted by atomic mass is 16.5. The quantitative estimate of drug-likeness (QED) is 0.421. The molecule has 0 fully saturated rings. The van der Waals surface area contributed by atoms with Crippen molar-refractivity contribution in [1.82, 2.24) is 14.8 Å². The Balaban J connectivity index is 1.77. The molecule has 3 aromatic rings. The zero-order chi connectivity index (χ0) is 24.6. The third-order valence-corrected chi connectivity index (χ3v) is 5.93. The number of methoxy groups -OCH3 is 1. The van der Waals surface area contributed by atoms with Gasteiger partial charge in [0.05, 0.1) is 6.54 Å². The number of nitrogens with zero attached hydrogens (tertiary/aromatic N) is 2. The molecule has 0 aliphatic carbocycles. The van der Waals surface area contributed by atoms with Gasteiger partial charge in [0, 0.05) is 55.9 Å². The Hall–Kier alpha value is -3.12. The number of ether oxygens (including phenoxy) is 1. The second kappa shape index (κ2) is 11.8. The number of nitrogens with one attached hydrogen (secondary N) is 1. The molecule has 1 heterocycles. The van der Waals surface area contributed by atoms with Gasteiger partial charge in [-0.2, -0.15) is 0 Å². The maximum absolute atomic E-state index is 13.5. The van der Waals surface area contributed by atoms with Crippen LogP contribution in [0.1, 0.15) is 38.3 Å². The van der Waals surface area contributed by atoms with E-state index in [0.717, 1.165) is 17.5 Å². The number of carbonyl (C=O) groups is 2. The minimum atomic E-state index is -0.554. The lowest BCUT2D eigenvalue weighted by Crippen LogP contribution is -2.47. The highest BCUT2D eigenvalue weighted by molar-refractivity contribution is 5.87. The summed E-state index contributed by atoms with van der Waals surface area (Å²) in [6.45, 7) is 7.88. The number of benzene rings is 2. The molecule has 0 spiro atoms. The van der Waals surface area contributed by atoms with Crippen LogP contribution in [0.5, 0.6) is 0 Å². The molecule has 182 valence electrons. The first-order valence-electron chi connectivity index (χ1n) is 11.9. The lowest BCUT2D eigenvalue weighted by Gasteiger charge is -2.31. The number of carbonyl (C=O) groups excluding carboxylic acids is 2. The zero-order valence-electron chi connectivity index (χ0n) is 20.8. The summed E-state index contributed by atoms with van der Waals surface area (Å²) in [6.07, 6.45) is 3.45. The first kappa shape index (κ1) is 25.5. The third kappa shape index (κ3) is 6.94. The molecule has 6 heteroatoms. The zero-order valence-corrected chi connectivity index (χ0v) is 20.8. The molecule has 3 rings (SSSR count). The van der Waals surface area contributed by atoms with Gasteiger partial charge in [-0.15, -0.1) is 0 Å². The Kier molecular flexibility index (Phi) is 8.88. The summed E-state index contributed by atoms with van der Waals surface area (Å²) in [5.41, 5.74) is 2.80. The number of para-hydroxylation sites is 1. The van der Waals surface area contributed by atoms with Crippen LogP contribution in [0.3, 0.4) is 0 Å². The molecule has 2 aromatic carbocycles. The Labute approximate surface area is 202 Å². The minimum Gasteiger partial charge on any atom is -0.385 e. The number of rotatable bonds is 11. The van der Waals surface area contributed by atoms with E-state index in [1.54, 1.807) is 12.0 Å². The van der Waals surface area contributed by atoms with Crippen LogP contribution in [-0.4, -0.2) is 59.9 Å². The third-order valence-electron chi connectivity index (χ3n) is 5.93. The normalized spacial score (nSPS) is 11.5. The lowest BCUT2D eigenvalue weighted by atomic mass is 9.94. The summed E-state index contributed by atoms with van der Waals surface area (Å²) in [4.78, 5) is 33.5. The fourth-order valence-corrected chi connectivity index (χ4v) is 4.08. The molecule has 0 saturated carbocycles. The van der Waals surface area contributed by atoms with Crippen LogP contribution >= 0.6 is 0 Å². The van der Waals surface area contributed by atoms with Gasteiger partial charge in [-0.3, -0.25) is 9.59 Å². The van der Waals surface area contributed by atoms with Crippen LogP contribution in [0.25, 0.3) is 10.9 Å². The highest BCUT2D eigenvalue weighted by Crippen LogP contribution is 2.20. The molecule has 1 N–H and O–H groups in total. The van der Waals surface area contributed by atoms with Crippen molar-refractivity contribution < 1.29 is 14.3 Å². The Morgan fingerprint density at radius 3 is 2.35 bits per heavy atom. The first-order chi connectivity index (χ1) is 16.3. The van der Waals surface area contributed by atoms with Gasteiger partial charge in [0.15, 0.2) is 0 Å². The van der Waals surface area contributed by atoms with Crippen molar-refractivity contribution in [1.29, 1.82) is 0 Å². The number of aromatic nitrogens is 1. The molecular weight excluding hydrogens is 426 g/mol. The Morgan fingerprint density at radius 1 is 0.941 bits per heavy atom. The largest absolute Gasteiger partial charge is 0.385 e. The van der Waals surface area contributed by atoms with Gasteiger partial charge in [-0.05, 0) is 30.0 Å². The van der Waals surface area contributed by atoms with E-state index in [4.69, 9.17) is 4.74 Å². The van der Waals surface area contributed by atoms with E-state index in [1.807, 2.05) is 74.3 Å². The van der Waals surface area contributed by atoms with E-state index in [-0.39, 0.29) is 18.4 Å². The molecule has 0 unspecified atom stereocenters. The van der Waals surface area contributed by atoms with Gasteiger partial charge in [0.25, 0.3) is 0 Å². The van der Waals surface area contributed by atoms with Crippen molar-refractivity contribution in [3.8, 4) is 0 Å². The van der Waals surface area contributed by atoms with Crippen molar-refractivity contribution >= 4 is 22.7 Å². The van der Waals surface area contributed by atoms with E-state index < -0.39 is 5.41 Å². The molecule has 0 aliphatic heterocycles. The number of hydrogen-bond donors (Lipinski definition) is 1. The predicted molar refractivity (Wildman–Crippen MR) is 136 cm³/mol. The van der Waals surface area contributed by atoms with E-state index in [1.165, 1.54) is 10.9 Å². The Morgan fingerprint density at radius 2 is 1.65 bits per heavy atom. The second-order valence-electron chi connectivity index (χ2n) is 9.73. The van der Waals surface area contributed by atoms with Crippen molar-refractivity contribution in [3.63, 3.8) is 0 Å². The highest BCUT2D eigenvalue weighted by Gasteiger charge is 2.29. The SMILES string of the molecule is COCCCN(CC(=O)N(CCc1c[nH]c2ccccc12)Cc1ccccc1)C(=O)C(C)(C)C. The van der Waals surface area contributed by atoms with Crippen LogP contribution in [0.15, 0.2) is 60.8 Å². The fraction of sp³-hybridized carbons (Fsp3) is 0.429. The smallest absolute Gasteiger partial charge is 0.242 e. The maximum Gasteiger partial charge on any atom is 0.242 e. The second-order valence-corrected chi connectivity index (χ2v) is 9.73. The lowest BCUT2D eigenvalue weighted by molar-refractivity contribution is -0.146. The van der Waals surface area contributed by atoms with Crippen molar-refractivity contribution in [2.45, 2.75) is 40.2 Å². The van der Waals surface area contributed by atoms with Crippen molar-refractivity contribution in [2.75, 3.05) is 33.4 Å². The van der Waals surface area contributed by atoms with Crippen molar-refractivity contribution in [2.24, 2.45) is 5.41 Å². The van der Waals surface area contributed by atoms with Crippen molar-refractivity contribution in [3.05, 3.63) is 71.9 Å². The number of amides is 2. The molecule has 34 heavy (non-hydrogen) atoms. The minimum absolute atomic E-state index is 0.0201. The molecule has 0 saturated heterocycles. The van der Waals surface area contributed by atoms with Crippen LogP contribution in [0, 0.1) is 5.41 Å². The fourth-order valence-electron chi connectivity index (χ4n) is 4.08. The standard InChI is InChI=1S/C28H37N3O3/c1-28(2,3)27(33)31(16-10-18-34-4)21-26(32)30(20-22-11-6-5-7-12-22)17-15-23-19-29-25-14-9-8-13-24(23)25/h5-9,11-14,19,29H,10,15-18,20-21H2,1-4H3. The number of aromatic amines is 1. The molecule has 1 aromatic heterocycles. The van der Waals surface area contributed by atoms with Crippen LogP contribution in [-0.2, 0) is 27.3 Å². The summed E-state index contributed by atoms with van der Waals surface area (Å²) >= 11 is 0. The summed E-state index contributed by atoms with van der Waals surface area (Å²) in [5.74, 6) is -0.0630. The van der Waals surface area contributed by atoms with Crippen LogP contribution in [0.2, 0.25) is 0 Å². The molecule has 0 aliphatic rings. The summed E-state index contributed by atoms with van der Waals surface area (Å²) < 4.78 is 5.17. The van der Waals surface area contributed by atoms with Gasteiger partial charge < -0.3 is 19.5 Å². The first-order valence-corrected chi connectivity index (χ1v) is 11.9. The Bertz CT molecular complexity index is 1070. The van der Waals surface area contributed by atoms with E-state index in [9.17, 15) is 9.59 Å². The molecule has 2 amide bonds. The van der Waals surface area contributed by atoms with E-state index >= 15 is 0 Å². The molecule has 0 radical (unpaired) electrons. The van der Waals surface area contributed by atoms with Gasteiger partial charge in [0.1, 0.15) is 0 Å². The predicted octanol–water partition coefficient (Wildman–Crippen LogP) is 4.65. The summed E-state index contributed by atoms with van der Waals surface area (Å²) in [5, 5.41) is 1.18. The number of hydrogen-bond acceptors (Lipinski definition) is 3. The molecule has 0 bridgehead atoms. The average Bonchev–Trinajstić information content (AvgIpc) is 3.24. The monoisotopic (exact) mass is 463 g/mol. The summed E-state index contributed by atoms with van der Waals surface area (Å²) in [6, 6.07) is 18.2.